The molecule has 0 aliphatic carbocycles. The molecule has 1 rings (SSSR count). The van der Waals surface area contributed by atoms with E-state index in [1.807, 2.05) is 45.0 Å². The molecular formula is C21H34N2O2. The first-order chi connectivity index (χ1) is 11.6. The van der Waals surface area contributed by atoms with E-state index in [1.165, 1.54) is 5.56 Å². The van der Waals surface area contributed by atoms with Gasteiger partial charge in [-0.05, 0) is 42.4 Å². The molecule has 25 heavy (non-hydrogen) atoms. The zero-order chi connectivity index (χ0) is 19.2. The summed E-state index contributed by atoms with van der Waals surface area (Å²) >= 11 is 0. The molecule has 0 aromatic heterocycles. The maximum absolute atomic E-state index is 12.5. The van der Waals surface area contributed by atoms with Crippen LogP contribution in [-0.4, -0.2) is 23.9 Å². The second kappa shape index (κ2) is 9.02. The molecule has 0 saturated carbocycles. The zero-order valence-electron chi connectivity index (χ0n) is 16.8. The fourth-order valence-corrected chi connectivity index (χ4v) is 2.72. The third-order valence-corrected chi connectivity index (χ3v) is 4.36. The smallest absolute Gasteiger partial charge is 0.251 e. The highest BCUT2D eigenvalue weighted by Gasteiger charge is 2.25. The molecular weight excluding hydrogens is 312 g/mol. The molecule has 0 radical (unpaired) electrons. The van der Waals surface area contributed by atoms with E-state index in [2.05, 4.69) is 38.3 Å². The Morgan fingerprint density at radius 3 is 2.00 bits per heavy atom. The van der Waals surface area contributed by atoms with Gasteiger partial charge in [0.05, 0.1) is 0 Å². The highest BCUT2D eigenvalue weighted by atomic mass is 16.2. The first-order valence-corrected chi connectivity index (χ1v) is 9.28. The van der Waals surface area contributed by atoms with Crippen molar-refractivity contribution in [2.24, 2.45) is 5.92 Å². The summed E-state index contributed by atoms with van der Waals surface area (Å²) in [4.78, 5) is 25.0. The summed E-state index contributed by atoms with van der Waals surface area (Å²) in [6, 6.07) is 7.18. The van der Waals surface area contributed by atoms with Crippen LogP contribution in [0.5, 0.6) is 0 Å². The molecule has 0 bridgehead atoms. The Morgan fingerprint density at radius 1 is 1.00 bits per heavy atom. The van der Waals surface area contributed by atoms with Crippen LogP contribution in [0.4, 0.5) is 0 Å². The highest BCUT2D eigenvalue weighted by molar-refractivity contribution is 5.97. The Kier molecular flexibility index (Phi) is 7.65. The monoisotopic (exact) mass is 346 g/mol. The molecule has 0 aliphatic heterocycles. The molecule has 0 aliphatic rings. The van der Waals surface area contributed by atoms with E-state index in [0.717, 1.165) is 12.8 Å². The molecule has 1 aromatic rings. The Morgan fingerprint density at radius 2 is 1.56 bits per heavy atom. The second-order valence-corrected chi connectivity index (χ2v) is 8.22. The summed E-state index contributed by atoms with van der Waals surface area (Å²) < 4.78 is 0. The van der Waals surface area contributed by atoms with Gasteiger partial charge in [0.15, 0.2) is 0 Å². The lowest BCUT2D eigenvalue weighted by Crippen LogP contribution is -2.51. The number of benzene rings is 1. The predicted molar refractivity (Wildman–Crippen MR) is 104 cm³/mol. The molecule has 0 saturated heterocycles. The third kappa shape index (κ3) is 6.52. The van der Waals surface area contributed by atoms with Crippen LogP contribution in [0.1, 0.15) is 77.2 Å². The molecule has 0 spiro atoms. The largest absolute Gasteiger partial charge is 0.352 e. The summed E-state index contributed by atoms with van der Waals surface area (Å²) in [6.07, 6.45) is 1.94. The van der Waals surface area contributed by atoms with Gasteiger partial charge < -0.3 is 10.6 Å². The number of amides is 2. The van der Waals surface area contributed by atoms with E-state index in [4.69, 9.17) is 0 Å². The lowest BCUT2D eigenvalue weighted by Gasteiger charge is -2.24. The summed E-state index contributed by atoms with van der Waals surface area (Å²) in [6.45, 7) is 14.4. The molecule has 0 fully saturated rings. The normalized spacial score (nSPS) is 14.1. The van der Waals surface area contributed by atoms with E-state index < -0.39 is 6.04 Å². The molecule has 4 heteroatoms. The van der Waals surface area contributed by atoms with Gasteiger partial charge in [-0.15, -0.1) is 0 Å². The maximum Gasteiger partial charge on any atom is 0.251 e. The lowest BCUT2D eigenvalue weighted by molar-refractivity contribution is -0.124. The minimum atomic E-state index is -0.533. The van der Waals surface area contributed by atoms with E-state index in [0.29, 0.717) is 5.56 Å². The number of hydrogen-bond acceptors (Lipinski definition) is 2. The molecule has 0 heterocycles. The van der Waals surface area contributed by atoms with Gasteiger partial charge in [0.1, 0.15) is 6.04 Å². The molecule has 0 unspecified atom stereocenters. The number of carbonyl (C=O) groups is 2. The minimum absolute atomic E-state index is 0.0200. The van der Waals surface area contributed by atoms with E-state index in [9.17, 15) is 9.59 Å². The van der Waals surface area contributed by atoms with Crippen molar-refractivity contribution in [1.82, 2.24) is 10.6 Å². The van der Waals surface area contributed by atoms with Crippen LogP contribution < -0.4 is 10.6 Å². The van der Waals surface area contributed by atoms with Gasteiger partial charge >= 0.3 is 0 Å². The fourth-order valence-electron chi connectivity index (χ4n) is 2.72. The molecule has 4 nitrogen and oxygen atoms in total. The average molecular weight is 347 g/mol. The third-order valence-electron chi connectivity index (χ3n) is 4.36. The van der Waals surface area contributed by atoms with Crippen LogP contribution in [0.25, 0.3) is 0 Å². The van der Waals surface area contributed by atoms with Gasteiger partial charge in [0.25, 0.3) is 5.91 Å². The van der Waals surface area contributed by atoms with Gasteiger partial charge in [0, 0.05) is 11.6 Å². The molecule has 2 atom stereocenters. The van der Waals surface area contributed by atoms with E-state index in [1.54, 1.807) is 0 Å². The Hall–Kier alpha value is -1.84. The van der Waals surface area contributed by atoms with Crippen molar-refractivity contribution in [2.75, 3.05) is 0 Å². The van der Waals surface area contributed by atoms with Gasteiger partial charge in [-0.2, -0.15) is 0 Å². The molecule has 1 aromatic carbocycles. The number of carbonyl (C=O) groups excluding carboxylic acids is 2. The SMILES string of the molecule is CCC[C@@H](C)NC(=O)[C@H](NC(=O)c1ccc(C(C)(C)C)cc1)C(C)C. The van der Waals surface area contributed by atoms with Crippen LogP contribution in [0.2, 0.25) is 0 Å². The Bertz CT molecular complexity index is 571. The Labute approximate surface area is 152 Å². The van der Waals surface area contributed by atoms with E-state index in [-0.39, 0.29) is 29.2 Å². The van der Waals surface area contributed by atoms with Crippen molar-refractivity contribution in [3.05, 3.63) is 35.4 Å². The van der Waals surface area contributed by atoms with Crippen LogP contribution in [0.3, 0.4) is 0 Å². The first-order valence-electron chi connectivity index (χ1n) is 9.28. The Balaban J connectivity index is 2.81. The van der Waals surface area contributed by atoms with Gasteiger partial charge in [-0.1, -0.05) is 60.1 Å². The predicted octanol–water partition coefficient (Wildman–Crippen LogP) is 4.04. The number of rotatable bonds is 7. The van der Waals surface area contributed by atoms with Crippen molar-refractivity contribution < 1.29 is 9.59 Å². The average Bonchev–Trinajstić information content (AvgIpc) is 2.51. The van der Waals surface area contributed by atoms with Crippen LogP contribution in [0.15, 0.2) is 24.3 Å². The quantitative estimate of drug-likeness (QED) is 0.783. The number of nitrogens with one attached hydrogen (secondary N) is 2. The minimum Gasteiger partial charge on any atom is -0.352 e. The topological polar surface area (TPSA) is 58.2 Å². The lowest BCUT2D eigenvalue weighted by atomic mass is 9.86. The van der Waals surface area contributed by atoms with Crippen LogP contribution >= 0.6 is 0 Å². The van der Waals surface area contributed by atoms with Crippen molar-refractivity contribution >= 4 is 11.8 Å². The zero-order valence-corrected chi connectivity index (χ0v) is 16.8. The summed E-state index contributed by atoms with van der Waals surface area (Å²) in [7, 11) is 0. The highest BCUT2D eigenvalue weighted by Crippen LogP contribution is 2.22. The van der Waals surface area contributed by atoms with Gasteiger partial charge in [-0.3, -0.25) is 9.59 Å². The van der Waals surface area contributed by atoms with Crippen molar-refractivity contribution in [2.45, 2.75) is 78.8 Å². The van der Waals surface area contributed by atoms with Crippen molar-refractivity contribution in [1.29, 1.82) is 0 Å². The maximum atomic E-state index is 12.5. The van der Waals surface area contributed by atoms with Gasteiger partial charge in [-0.25, -0.2) is 0 Å². The van der Waals surface area contributed by atoms with Crippen LogP contribution in [-0.2, 0) is 10.2 Å². The summed E-state index contributed by atoms with van der Waals surface area (Å²) in [5, 5.41) is 5.88. The fraction of sp³-hybridized carbons (Fsp3) is 0.619. The summed E-state index contributed by atoms with van der Waals surface area (Å²) in [5.74, 6) is -0.306. The first kappa shape index (κ1) is 21.2. The standard InChI is InChI=1S/C21H34N2O2/c1-8-9-15(4)22-20(25)18(14(2)3)23-19(24)16-10-12-17(13-11-16)21(5,6)7/h10-15,18H,8-9H2,1-7H3,(H,22,25)(H,23,24)/t15-,18-/m1/s1. The van der Waals surface area contributed by atoms with E-state index >= 15 is 0 Å². The summed E-state index contributed by atoms with van der Waals surface area (Å²) in [5.41, 5.74) is 1.80. The van der Waals surface area contributed by atoms with Crippen LogP contribution in [0, 0.1) is 5.92 Å². The van der Waals surface area contributed by atoms with Gasteiger partial charge in [0.2, 0.25) is 5.91 Å². The number of hydrogen-bond donors (Lipinski definition) is 2. The second-order valence-electron chi connectivity index (χ2n) is 8.22. The molecule has 140 valence electrons. The van der Waals surface area contributed by atoms with Crippen molar-refractivity contribution in [3.8, 4) is 0 Å². The molecule has 2 amide bonds. The van der Waals surface area contributed by atoms with Crippen molar-refractivity contribution in [3.63, 3.8) is 0 Å². The molecule has 2 N–H and O–H groups in total.